The second-order valence-electron chi connectivity index (χ2n) is 13.9. The van der Waals surface area contributed by atoms with Crippen molar-refractivity contribution in [3.63, 3.8) is 0 Å². The zero-order valence-corrected chi connectivity index (χ0v) is 30.9. The van der Waals surface area contributed by atoms with Crippen LogP contribution >= 0.6 is 11.3 Å². The molecular formula is C51H31N3OS. The fourth-order valence-electron chi connectivity index (χ4n) is 7.90. The number of aromatic nitrogens is 3. The van der Waals surface area contributed by atoms with Crippen LogP contribution < -0.4 is 0 Å². The number of fused-ring (bicyclic) bond motifs is 6. The molecule has 5 heteroatoms. The second kappa shape index (κ2) is 13.3. The molecule has 0 amide bonds. The third-order valence-corrected chi connectivity index (χ3v) is 11.8. The summed E-state index contributed by atoms with van der Waals surface area (Å²) in [5, 5.41) is 4.59. The van der Waals surface area contributed by atoms with E-state index >= 15 is 0 Å². The van der Waals surface area contributed by atoms with E-state index in [-0.39, 0.29) is 0 Å². The summed E-state index contributed by atoms with van der Waals surface area (Å²) < 4.78 is 8.97. The van der Waals surface area contributed by atoms with Crippen molar-refractivity contribution in [1.82, 2.24) is 15.0 Å². The first-order chi connectivity index (χ1) is 27.7. The number of hydrogen-bond donors (Lipinski definition) is 0. The molecule has 11 aromatic rings. The summed E-state index contributed by atoms with van der Waals surface area (Å²) in [4.78, 5) is 15.3. The molecule has 0 saturated heterocycles. The summed E-state index contributed by atoms with van der Waals surface area (Å²) in [7, 11) is 0. The van der Waals surface area contributed by atoms with Crippen molar-refractivity contribution in [2.45, 2.75) is 0 Å². The average Bonchev–Trinajstić information content (AvgIpc) is 3.86. The Kier molecular flexibility index (Phi) is 7.64. The van der Waals surface area contributed by atoms with Crippen LogP contribution in [0.4, 0.5) is 0 Å². The lowest BCUT2D eigenvalue weighted by Gasteiger charge is -2.10. The summed E-state index contributed by atoms with van der Waals surface area (Å²) in [5.74, 6) is 1.83. The Bertz CT molecular complexity index is 3230. The highest BCUT2D eigenvalue weighted by atomic mass is 32.1. The van der Waals surface area contributed by atoms with Gasteiger partial charge in [-0.15, -0.1) is 11.3 Å². The molecule has 11 rings (SSSR count). The van der Waals surface area contributed by atoms with Gasteiger partial charge >= 0.3 is 0 Å². The molecule has 0 N–H and O–H groups in total. The summed E-state index contributed by atoms with van der Waals surface area (Å²) in [6.07, 6.45) is 0. The molecule has 0 bridgehead atoms. The van der Waals surface area contributed by atoms with E-state index < -0.39 is 0 Å². The highest BCUT2D eigenvalue weighted by molar-refractivity contribution is 7.26. The minimum Gasteiger partial charge on any atom is -0.456 e. The molecule has 0 radical (unpaired) electrons. The lowest BCUT2D eigenvalue weighted by Crippen LogP contribution is -2.00. The minimum atomic E-state index is 0.598. The number of hydrogen-bond acceptors (Lipinski definition) is 5. The van der Waals surface area contributed by atoms with Crippen molar-refractivity contribution >= 4 is 53.4 Å². The van der Waals surface area contributed by atoms with Crippen LogP contribution in [0.1, 0.15) is 0 Å². The molecule has 56 heavy (non-hydrogen) atoms. The summed E-state index contributed by atoms with van der Waals surface area (Å²) in [5.41, 5.74) is 11.5. The largest absolute Gasteiger partial charge is 0.456 e. The van der Waals surface area contributed by atoms with E-state index in [1.807, 2.05) is 59.9 Å². The van der Waals surface area contributed by atoms with Gasteiger partial charge in [0.25, 0.3) is 0 Å². The van der Waals surface area contributed by atoms with Gasteiger partial charge in [0.1, 0.15) is 11.2 Å². The Balaban J connectivity index is 1.04. The van der Waals surface area contributed by atoms with Crippen molar-refractivity contribution in [3.05, 3.63) is 188 Å². The van der Waals surface area contributed by atoms with Gasteiger partial charge in [0.15, 0.2) is 17.5 Å². The van der Waals surface area contributed by atoms with Crippen LogP contribution in [0.25, 0.3) is 110 Å². The van der Waals surface area contributed by atoms with Crippen molar-refractivity contribution in [1.29, 1.82) is 0 Å². The fraction of sp³-hybridized carbons (Fsp3) is 0. The van der Waals surface area contributed by atoms with E-state index in [0.29, 0.717) is 17.5 Å². The number of furan rings is 1. The molecule has 0 saturated carbocycles. The van der Waals surface area contributed by atoms with Gasteiger partial charge in [-0.3, -0.25) is 0 Å². The molecular weight excluding hydrogens is 703 g/mol. The zero-order chi connectivity index (χ0) is 37.0. The summed E-state index contributed by atoms with van der Waals surface area (Å²) in [6, 6.07) is 65.6. The van der Waals surface area contributed by atoms with E-state index in [1.54, 1.807) is 0 Å². The van der Waals surface area contributed by atoms with Crippen LogP contribution in [-0.2, 0) is 0 Å². The molecule has 0 aliphatic rings. The lowest BCUT2D eigenvalue weighted by molar-refractivity contribution is 0.669. The molecule has 0 spiro atoms. The van der Waals surface area contributed by atoms with E-state index in [0.717, 1.165) is 55.3 Å². The maximum atomic E-state index is 6.40. The van der Waals surface area contributed by atoms with Gasteiger partial charge in [-0.05, 0) is 57.6 Å². The van der Waals surface area contributed by atoms with E-state index in [9.17, 15) is 0 Å². The smallest absolute Gasteiger partial charge is 0.164 e. The Morgan fingerprint density at radius 2 is 0.893 bits per heavy atom. The van der Waals surface area contributed by atoms with Gasteiger partial charge in [-0.25, -0.2) is 15.0 Å². The topological polar surface area (TPSA) is 51.8 Å². The highest BCUT2D eigenvalue weighted by Gasteiger charge is 2.19. The van der Waals surface area contributed by atoms with Crippen molar-refractivity contribution in [2.24, 2.45) is 0 Å². The third kappa shape index (κ3) is 5.48. The molecule has 0 unspecified atom stereocenters. The van der Waals surface area contributed by atoms with E-state index in [2.05, 4.69) is 140 Å². The quantitative estimate of drug-likeness (QED) is 0.171. The molecule has 3 heterocycles. The van der Waals surface area contributed by atoms with Crippen LogP contribution in [0.15, 0.2) is 192 Å². The molecule has 0 aliphatic carbocycles. The van der Waals surface area contributed by atoms with Crippen LogP contribution in [0, 0.1) is 0 Å². The van der Waals surface area contributed by atoms with Crippen molar-refractivity contribution in [2.75, 3.05) is 0 Å². The van der Waals surface area contributed by atoms with Gasteiger partial charge in [-0.1, -0.05) is 164 Å². The first kappa shape index (κ1) is 32.2. The molecule has 3 aromatic heterocycles. The lowest BCUT2D eigenvalue weighted by atomic mass is 9.97. The van der Waals surface area contributed by atoms with E-state index in [4.69, 9.17) is 19.4 Å². The maximum Gasteiger partial charge on any atom is 0.164 e. The maximum absolute atomic E-state index is 6.40. The fourth-order valence-corrected chi connectivity index (χ4v) is 9.16. The van der Waals surface area contributed by atoms with Crippen LogP contribution in [0.5, 0.6) is 0 Å². The van der Waals surface area contributed by atoms with Gasteiger partial charge in [0, 0.05) is 47.6 Å². The summed E-state index contributed by atoms with van der Waals surface area (Å²) >= 11 is 1.85. The van der Waals surface area contributed by atoms with Gasteiger partial charge in [0.05, 0.1) is 0 Å². The molecule has 8 aromatic carbocycles. The molecule has 262 valence electrons. The van der Waals surface area contributed by atoms with Gasteiger partial charge < -0.3 is 4.42 Å². The predicted molar refractivity (Wildman–Crippen MR) is 233 cm³/mol. The third-order valence-electron chi connectivity index (χ3n) is 10.6. The number of nitrogens with zero attached hydrogens (tertiary/aromatic N) is 3. The van der Waals surface area contributed by atoms with Crippen molar-refractivity contribution in [3.8, 4) is 67.5 Å². The number of rotatable bonds is 6. The van der Waals surface area contributed by atoms with Crippen molar-refractivity contribution < 1.29 is 4.42 Å². The molecule has 0 fully saturated rings. The zero-order valence-electron chi connectivity index (χ0n) is 30.1. The summed E-state index contributed by atoms with van der Waals surface area (Å²) in [6.45, 7) is 0. The Morgan fingerprint density at radius 1 is 0.339 bits per heavy atom. The predicted octanol–water partition coefficient (Wildman–Crippen LogP) is 14.1. The highest BCUT2D eigenvalue weighted by Crippen LogP contribution is 2.44. The normalized spacial score (nSPS) is 11.6. The first-order valence-corrected chi connectivity index (χ1v) is 19.5. The molecule has 0 atom stereocenters. The van der Waals surface area contributed by atoms with Gasteiger partial charge in [-0.2, -0.15) is 0 Å². The Labute approximate surface area is 327 Å². The van der Waals surface area contributed by atoms with Crippen LogP contribution in [-0.4, -0.2) is 15.0 Å². The number of benzene rings is 8. The number of thiophene rings is 1. The molecule has 4 nitrogen and oxygen atoms in total. The molecule has 0 aliphatic heterocycles. The SMILES string of the molecule is c1ccc(-c2ccc3oc4cccc(-c5nc(-c6ccccc6)nc(-c6ccc(-c7cccc8c7sc7cccc(-c9ccccc9)c78)cc6)n5)c4c3c2)cc1. The average molecular weight is 734 g/mol. The Hall–Kier alpha value is -7.21. The standard InChI is InChI=1S/C51H31N3OS/c1-4-13-32(14-5-1)37-29-30-43-42(31-37)46-41(22-11-23-44(46)55-43)51-53-49(35-17-8-3-9-18-35)52-50(54-51)36-27-25-34(26-28-36)39-20-10-21-40-47-38(33-15-6-2-7-16-33)19-12-24-45(47)56-48(39)40/h1-31H. The second-order valence-corrected chi connectivity index (χ2v) is 15.0. The van der Waals surface area contributed by atoms with E-state index in [1.165, 1.54) is 36.9 Å². The minimum absolute atomic E-state index is 0.598. The Morgan fingerprint density at radius 3 is 1.64 bits per heavy atom. The first-order valence-electron chi connectivity index (χ1n) is 18.7. The van der Waals surface area contributed by atoms with Gasteiger partial charge in [0.2, 0.25) is 0 Å². The monoisotopic (exact) mass is 733 g/mol. The van der Waals surface area contributed by atoms with Crippen LogP contribution in [0.2, 0.25) is 0 Å². The van der Waals surface area contributed by atoms with Crippen LogP contribution in [0.3, 0.4) is 0 Å².